The molecule has 1 saturated carbocycles. The van der Waals surface area contributed by atoms with Gasteiger partial charge in [-0.25, -0.2) is 24.7 Å². The van der Waals surface area contributed by atoms with E-state index in [0.717, 1.165) is 13.1 Å². The molecule has 0 spiro atoms. The summed E-state index contributed by atoms with van der Waals surface area (Å²) in [5, 5.41) is 2.15. The molecule has 0 bridgehead atoms. The average molecular weight is 469 g/mol. The highest BCUT2D eigenvalue weighted by atomic mass is 19.3. The second-order valence-corrected chi connectivity index (χ2v) is 9.79. The van der Waals surface area contributed by atoms with Crippen LogP contribution in [0.4, 0.5) is 13.2 Å². The number of aromatic nitrogens is 1. The number of rotatable bonds is 3. The molecule has 3 heterocycles. The van der Waals surface area contributed by atoms with E-state index in [9.17, 15) is 18.0 Å². The maximum atomic E-state index is 13.9. The van der Waals surface area contributed by atoms with E-state index in [2.05, 4.69) is 15.1 Å². The Kier molecular flexibility index (Phi) is 4.99. The van der Waals surface area contributed by atoms with E-state index in [1.54, 1.807) is 11.0 Å². The van der Waals surface area contributed by atoms with E-state index in [4.69, 9.17) is 11.0 Å². The molecule has 2 fully saturated rings. The van der Waals surface area contributed by atoms with Gasteiger partial charge in [-0.3, -0.25) is 4.79 Å². The average Bonchev–Trinajstić information content (AvgIpc) is 3.20. The van der Waals surface area contributed by atoms with E-state index in [0.29, 0.717) is 23.3 Å². The predicted molar refractivity (Wildman–Crippen MR) is 119 cm³/mol. The number of amides is 1. The van der Waals surface area contributed by atoms with Crippen molar-refractivity contribution < 1.29 is 27.7 Å². The first-order valence-electron chi connectivity index (χ1n) is 11.1. The summed E-state index contributed by atoms with van der Waals surface area (Å²) in [5.74, 6) is -3.61. The highest BCUT2D eigenvalue weighted by Crippen LogP contribution is 2.56. The fourth-order valence-electron chi connectivity index (χ4n) is 4.97. The summed E-state index contributed by atoms with van der Waals surface area (Å²) in [6.45, 7) is 13.7. The van der Waals surface area contributed by atoms with Gasteiger partial charge in [-0.1, -0.05) is 0 Å². The summed E-state index contributed by atoms with van der Waals surface area (Å²) in [6, 6.07) is 8.70. The van der Waals surface area contributed by atoms with E-state index < -0.39 is 35.7 Å². The van der Waals surface area contributed by atoms with Gasteiger partial charge < -0.3 is 19.5 Å². The van der Waals surface area contributed by atoms with Crippen LogP contribution in [-0.2, 0) is 5.54 Å². The van der Waals surface area contributed by atoms with Crippen molar-refractivity contribution in [3.8, 4) is 11.3 Å². The lowest BCUT2D eigenvalue weighted by molar-refractivity contribution is -0.673. The van der Waals surface area contributed by atoms with Crippen LogP contribution in [0.15, 0.2) is 40.8 Å². The van der Waals surface area contributed by atoms with Crippen molar-refractivity contribution in [2.24, 2.45) is 0 Å². The fourth-order valence-corrected chi connectivity index (χ4v) is 4.97. The molecule has 0 atom stereocenters. The van der Waals surface area contributed by atoms with Crippen LogP contribution in [0, 0.1) is 12.4 Å². The lowest BCUT2D eigenvalue weighted by atomic mass is 9.69. The summed E-state index contributed by atoms with van der Waals surface area (Å²) in [6.07, 6.45) is -1.27. The molecule has 3 aromatic rings. The van der Waals surface area contributed by atoms with Crippen LogP contribution >= 0.6 is 0 Å². The van der Waals surface area contributed by atoms with Crippen LogP contribution in [0.1, 0.15) is 42.8 Å². The van der Waals surface area contributed by atoms with E-state index in [1.807, 2.05) is 13.8 Å². The molecule has 1 aliphatic carbocycles. The van der Waals surface area contributed by atoms with Gasteiger partial charge in [-0.2, -0.15) is 0 Å². The third kappa shape index (κ3) is 3.62. The van der Waals surface area contributed by atoms with Gasteiger partial charge in [0, 0.05) is 11.6 Å². The first-order chi connectivity index (χ1) is 16.0. The number of carbonyl (C=O) groups is 1. The number of nitrogens with zero attached hydrogens (tertiary/aromatic N) is 3. The quantitative estimate of drug-likeness (QED) is 0.591. The molecular formula is C25H24F3N4O2+. The normalized spacial score (nSPS) is 20.5. The van der Waals surface area contributed by atoms with Gasteiger partial charge in [-0.05, 0) is 44.2 Å². The number of halogens is 3. The zero-order valence-electron chi connectivity index (χ0n) is 18.9. The predicted octanol–water partition coefficient (Wildman–Crippen LogP) is 3.98. The van der Waals surface area contributed by atoms with E-state index >= 15 is 0 Å². The number of furan rings is 1. The Bertz CT molecular complexity index is 1320. The van der Waals surface area contributed by atoms with Gasteiger partial charge in [0.2, 0.25) is 0 Å². The van der Waals surface area contributed by atoms with Crippen LogP contribution in [0.25, 0.3) is 27.2 Å². The minimum absolute atomic E-state index is 0.0567. The molecule has 2 aliphatic rings. The summed E-state index contributed by atoms with van der Waals surface area (Å²) < 4.78 is 47.3. The molecule has 176 valence electrons. The molecule has 2 N–H and O–H groups in total. The number of alkyl halides is 2. The van der Waals surface area contributed by atoms with E-state index in [-0.39, 0.29) is 22.8 Å². The van der Waals surface area contributed by atoms with Crippen LogP contribution in [0.5, 0.6) is 0 Å². The number of carbonyl (C=O) groups excluding carboxylic acids is 1. The van der Waals surface area contributed by atoms with Crippen LogP contribution in [0.2, 0.25) is 0 Å². The van der Waals surface area contributed by atoms with Crippen molar-refractivity contribution in [2.75, 3.05) is 19.6 Å². The minimum Gasteiger partial charge on any atom is -0.449 e. The number of quaternary nitrogens is 1. The lowest BCUT2D eigenvalue weighted by Gasteiger charge is -2.39. The summed E-state index contributed by atoms with van der Waals surface area (Å²) >= 11 is 0. The molecule has 9 heteroatoms. The number of nitrogens with two attached hydrogens (primary N) is 1. The van der Waals surface area contributed by atoms with Crippen LogP contribution in [-0.4, -0.2) is 46.9 Å². The summed E-state index contributed by atoms with van der Waals surface area (Å²) in [5.41, 5.74) is -0.148. The van der Waals surface area contributed by atoms with Crippen molar-refractivity contribution in [3.05, 3.63) is 65.0 Å². The van der Waals surface area contributed by atoms with Crippen molar-refractivity contribution in [1.29, 1.82) is 0 Å². The Morgan fingerprint density at radius 2 is 1.91 bits per heavy atom. The molecule has 6 nitrogen and oxygen atoms in total. The smallest absolute Gasteiger partial charge is 0.290 e. The third-order valence-corrected chi connectivity index (χ3v) is 6.82. The maximum absolute atomic E-state index is 13.9. The molecule has 34 heavy (non-hydrogen) atoms. The molecule has 0 unspecified atom stereocenters. The van der Waals surface area contributed by atoms with Crippen molar-refractivity contribution in [3.63, 3.8) is 0 Å². The number of hydrogen-bond acceptors (Lipinski definition) is 3. The SMILES string of the molecule is [C-]#[N+]C1(c2cc(-c3ccc(F)cc3)nc3cc(C(=O)N4CC[NH2+]CC4(C)C)oc23)CC(F)(F)C1. The number of hydrogen-bond donors (Lipinski definition) is 1. The monoisotopic (exact) mass is 469 g/mol. The Morgan fingerprint density at radius 1 is 1.21 bits per heavy atom. The Morgan fingerprint density at radius 3 is 2.53 bits per heavy atom. The molecular weight excluding hydrogens is 445 g/mol. The number of pyridine rings is 1. The highest BCUT2D eigenvalue weighted by Gasteiger charge is 2.65. The zero-order valence-corrected chi connectivity index (χ0v) is 18.9. The first kappa shape index (κ1) is 22.4. The van der Waals surface area contributed by atoms with Gasteiger partial charge in [0.05, 0.1) is 49.3 Å². The Hall–Kier alpha value is -3.38. The summed E-state index contributed by atoms with van der Waals surface area (Å²) in [7, 11) is 0. The van der Waals surface area contributed by atoms with Gasteiger partial charge in [0.25, 0.3) is 17.4 Å². The fraction of sp³-hybridized carbons (Fsp3) is 0.400. The molecule has 2 aromatic heterocycles. The third-order valence-electron chi connectivity index (χ3n) is 6.82. The lowest BCUT2D eigenvalue weighted by Crippen LogP contribution is -2.93. The maximum Gasteiger partial charge on any atom is 0.290 e. The van der Waals surface area contributed by atoms with E-state index in [1.165, 1.54) is 30.3 Å². The molecule has 1 aromatic carbocycles. The molecule has 5 rings (SSSR count). The van der Waals surface area contributed by atoms with Gasteiger partial charge in [0.15, 0.2) is 11.3 Å². The van der Waals surface area contributed by atoms with Crippen molar-refractivity contribution >= 4 is 17.0 Å². The Balaban J connectivity index is 1.66. The Labute approximate surface area is 194 Å². The van der Waals surface area contributed by atoms with Crippen LogP contribution in [0.3, 0.4) is 0 Å². The number of fused-ring (bicyclic) bond motifs is 1. The molecule has 1 aliphatic heterocycles. The van der Waals surface area contributed by atoms with Crippen LogP contribution < -0.4 is 5.32 Å². The number of piperazine rings is 1. The van der Waals surface area contributed by atoms with Gasteiger partial charge in [0.1, 0.15) is 11.3 Å². The molecule has 0 radical (unpaired) electrons. The summed E-state index contributed by atoms with van der Waals surface area (Å²) in [4.78, 5) is 23.3. The standard InChI is InChI=1S/C25H23F3N4O2/c1-23(2)14-30-8-9-32(23)22(33)20-11-19-21(34-20)17(24(29-3)12-25(27,28)13-24)10-18(31-19)15-4-6-16(26)7-5-15/h4-7,10-11,30H,8-9,12-14H2,1-2H3/p+1. The molecule has 1 saturated heterocycles. The largest absolute Gasteiger partial charge is 0.449 e. The van der Waals surface area contributed by atoms with Gasteiger partial charge >= 0.3 is 0 Å². The number of benzene rings is 1. The highest BCUT2D eigenvalue weighted by molar-refractivity contribution is 5.97. The van der Waals surface area contributed by atoms with Crippen molar-refractivity contribution in [1.82, 2.24) is 9.88 Å². The van der Waals surface area contributed by atoms with Crippen molar-refractivity contribution in [2.45, 2.75) is 43.7 Å². The minimum atomic E-state index is -2.95. The zero-order chi connectivity index (χ0) is 24.3. The first-order valence-corrected chi connectivity index (χ1v) is 11.1. The molecule has 1 amide bonds. The topological polar surface area (TPSA) is 67.3 Å². The van der Waals surface area contributed by atoms with Gasteiger partial charge in [-0.15, -0.1) is 0 Å². The second kappa shape index (κ2) is 7.57. The second-order valence-electron chi connectivity index (χ2n) is 9.79.